The quantitative estimate of drug-likeness (QED) is 0.847. The van der Waals surface area contributed by atoms with E-state index in [0.29, 0.717) is 0 Å². The van der Waals surface area contributed by atoms with E-state index in [1.54, 1.807) is 0 Å². The van der Waals surface area contributed by atoms with Crippen molar-refractivity contribution in [3.8, 4) is 0 Å². The van der Waals surface area contributed by atoms with Crippen LogP contribution in [0.3, 0.4) is 0 Å². The summed E-state index contributed by atoms with van der Waals surface area (Å²) in [4.78, 5) is 25.8. The Kier molecular flexibility index (Phi) is 4.52. The van der Waals surface area contributed by atoms with Crippen molar-refractivity contribution in [2.45, 2.75) is 65.6 Å². The largest absolute Gasteiger partial charge is 0.466 e. The van der Waals surface area contributed by atoms with Crippen molar-refractivity contribution in [1.82, 2.24) is 10.2 Å². The topological polar surface area (TPSA) is 62.6 Å². The van der Waals surface area contributed by atoms with Crippen LogP contribution < -0.4 is 5.32 Å². The fraction of sp³-hybridized carbons (Fsp3) is 0.625. The van der Waals surface area contributed by atoms with Gasteiger partial charge in [0, 0.05) is 17.6 Å². The first-order valence-corrected chi connectivity index (χ1v) is 7.54. The number of carbonyl (C=O) groups is 2. The Morgan fingerprint density at radius 1 is 1.38 bits per heavy atom. The molecule has 1 fully saturated rings. The van der Waals surface area contributed by atoms with Crippen molar-refractivity contribution in [2.75, 3.05) is 0 Å². The van der Waals surface area contributed by atoms with Crippen LogP contribution in [0, 0.1) is 13.8 Å². The average molecular weight is 292 g/mol. The van der Waals surface area contributed by atoms with Gasteiger partial charge in [-0.3, -0.25) is 19.8 Å². The highest BCUT2D eigenvalue weighted by Gasteiger charge is 2.41. The maximum absolute atomic E-state index is 12.4. The van der Waals surface area contributed by atoms with Gasteiger partial charge in [0.15, 0.2) is 0 Å². The van der Waals surface area contributed by atoms with Gasteiger partial charge in [-0.2, -0.15) is 0 Å². The van der Waals surface area contributed by atoms with Crippen molar-refractivity contribution < 1.29 is 14.0 Å². The van der Waals surface area contributed by atoms with E-state index in [9.17, 15) is 9.59 Å². The highest BCUT2D eigenvalue weighted by molar-refractivity contribution is 6.05. The molecule has 5 nitrogen and oxygen atoms in total. The lowest BCUT2D eigenvalue weighted by Crippen LogP contribution is -2.43. The molecular weight excluding hydrogens is 268 g/mol. The second-order valence-electron chi connectivity index (χ2n) is 5.87. The first kappa shape index (κ1) is 15.8. The minimum atomic E-state index is -0.434. The minimum Gasteiger partial charge on any atom is -0.466 e. The zero-order chi connectivity index (χ0) is 15.7. The highest BCUT2D eigenvalue weighted by atomic mass is 16.3. The van der Waals surface area contributed by atoms with E-state index in [4.69, 9.17) is 4.42 Å². The van der Waals surface area contributed by atoms with Crippen molar-refractivity contribution in [3.05, 3.63) is 23.2 Å². The number of nitrogens with one attached hydrogen (secondary N) is 1. The van der Waals surface area contributed by atoms with Gasteiger partial charge in [0.05, 0.1) is 12.5 Å². The standard InChI is InChI=1S/C16H24N2O3/c1-6-9(2)18-15(19)8-14(16(18)20)17-11(4)13-7-10(3)21-12(13)5/h7,9,11,14,17H,6,8H2,1-5H3. The summed E-state index contributed by atoms with van der Waals surface area (Å²) in [5.41, 5.74) is 1.04. The molecule has 0 radical (unpaired) electrons. The number of aryl methyl sites for hydroxylation is 2. The molecule has 0 saturated carbocycles. The van der Waals surface area contributed by atoms with Gasteiger partial charge in [-0.15, -0.1) is 0 Å². The highest BCUT2D eigenvalue weighted by Crippen LogP contribution is 2.24. The second-order valence-corrected chi connectivity index (χ2v) is 5.87. The molecule has 0 bridgehead atoms. The molecule has 3 unspecified atom stereocenters. The predicted molar refractivity (Wildman–Crippen MR) is 79.7 cm³/mol. The molecular formula is C16H24N2O3. The lowest BCUT2D eigenvalue weighted by atomic mass is 10.1. The molecule has 1 aliphatic heterocycles. The Balaban J connectivity index is 2.09. The summed E-state index contributed by atoms with van der Waals surface area (Å²) in [6.07, 6.45) is 1.02. The molecule has 1 aliphatic rings. The number of amides is 2. The Hall–Kier alpha value is -1.62. The van der Waals surface area contributed by atoms with Crippen molar-refractivity contribution in [2.24, 2.45) is 0 Å². The zero-order valence-corrected chi connectivity index (χ0v) is 13.4. The molecule has 5 heteroatoms. The average Bonchev–Trinajstić information content (AvgIpc) is 2.89. The molecule has 3 atom stereocenters. The third kappa shape index (κ3) is 3.02. The summed E-state index contributed by atoms with van der Waals surface area (Å²) in [6.45, 7) is 9.68. The third-order valence-electron chi connectivity index (χ3n) is 4.21. The zero-order valence-electron chi connectivity index (χ0n) is 13.4. The van der Waals surface area contributed by atoms with Crippen LogP contribution in [-0.4, -0.2) is 28.8 Å². The SMILES string of the molecule is CCC(C)N1C(=O)CC(NC(C)c2cc(C)oc2C)C1=O. The maximum atomic E-state index is 12.4. The first-order valence-electron chi connectivity index (χ1n) is 7.54. The molecule has 2 rings (SSSR count). The molecule has 0 spiro atoms. The van der Waals surface area contributed by atoms with Crippen LogP contribution in [0.15, 0.2) is 10.5 Å². The van der Waals surface area contributed by atoms with Gasteiger partial charge >= 0.3 is 0 Å². The molecule has 1 N–H and O–H groups in total. The number of hydrogen-bond acceptors (Lipinski definition) is 4. The maximum Gasteiger partial charge on any atom is 0.247 e. The fourth-order valence-electron chi connectivity index (χ4n) is 2.90. The van der Waals surface area contributed by atoms with E-state index in [-0.39, 0.29) is 30.3 Å². The lowest BCUT2D eigenvalue weighted by molar-refractivity contribution is -0.141. The van der Waals surface area contributed by atoms with Crippen molar-refractivity contribution >= 4 is 11.8 Å². The summed E-state index contributed by atoms with van der Waals surface area (Å²) in [7, 11) is 0. The second kappa shape index (κ2) is 6.02. The van der Waals surface area contributed by atoms with Gasteiger partial charge in [-0.05, 0) is 40.2 Å². The predicted octanol–water partition coefficient (Wildman–Crippen LogP) is 2.47. The Morgan fingerprint density at radius 2 is 2.05 bits per heavy atom. The van der Waals surface area contributed by atoms with Gasteiger partial charge in [0.2, 0.25) is 11.8 Å². The Bertz CT molecular complexity index is 550. The van der Waals surface area contributed by atoms with Crippen LogP contribution in [-0.2, 0) is 9.59 Å². The van der Waals surface area contributed by atoms with Crippen LogP contribution in [0.5, 0.6) is 0 Å². The molecule has 0 aromatic carbocycles. The number of imide groups is 1. The van der Waals surface area contributed by atoms with E-state index >= 15 is 0 Å². The molecule has 1 aromatic heterocycles. The van der Waals surface area contributed by atoms with E-state index in [2.05, 4.69) is 5.32 Å². The number of hydrogen-bond donors (Lipinski definition) is 1. The number of rotatable bonds is 5. The summed E-state index contributed by atoms with van der Waals surface area (Å²) in [6, 6.07) is 1.47. The number of furan rings is 1. The van der Waals surface area contributed by atoms with Crippen LogP contribution in [0.4, 0.5) is 0 Å². The van der Waals surface area contributed by atoms with E-state index in [1.807, 2.05) is 40.7 Å². The molecule has 1 aromatic rings. The lowest BCUT2D eigenvalue weighted by Gasteiger charge is -2.22. The normalized spacial score (nSPS) is 22.0. The van der Waals surface area contributed by atoms with Crippen LogP contribution in [0.2, 0.25) is 0 Å². The fourth-order valence-corrected chi connectivity index (χ4v) is 2.90. The van der Waals surface area contributed by atoms with E-state index in [0.717, 1.165) is 23.5 Å². The summed E-state index contributed by atoms with van der Waals surface area (Å²) >= 11 is 0. The first-order chi connectivity index (χ1) is 9.85. The van der Waals surface area contributed by atoms with Crippen LogP contribution in [0.1, 0.15) is 56.7 Å². The minimum absolute atomic E-state index is 0.0268. The van der Waals surface area contributed by atoms with Gasteiger partial charge in [0.25, 0.3) is 0 Å². The third-order valence-corrected chi connectivity index (χ3v) is 4.21. The number of carbonyl (C=O) groups excluding carboxylic acids is 2. The van der Waals surface area contributed by atoms with Gasteiger partial charge in [0.1, 0.15) is 11.5 Å². The number of nitrogens with zero attached hydrogens (tertiary/aromatic N) is 1. The van der Waals surface area contributed by atoms with E-state index in [1.165, 1.54) is 4.90 Å². The molecule has 2 amide bonds. The van der Waals surface area contributed by atoms with Crippen LogP contribution in [0.25, 0.3) is 0 Å². The molecule has 0 aliphatic carbocycles. The molecule has 2 heterocycles. The monoisotopic (exact) mass is 292 g/mol. The Morgan fingerprint density at radius 3 is 2.57 bits per heavy atom. The summed E-state index contributed by atoms with van der Waals surface area (Å²) in [5, 5.41) is 3.27. The van der Waals surface area contributed by atoms with Gasteiger partial charge < -0.3 is 4.42 Å². The number of likely N-dealkylation sites (tertiary alicyclic amines) is 1. The van der Waals surface area contributed by atoms with Gasteiger partial charge in [-0.1, -0.05) is 6.92 Å². The Labute approximate surface area is 125 Å². The van der Waals surface area contributed by atoms with Crippen molar-refractivity contribution in [1.29, 1.82) is 0 Å². The molecule has 1 saturated heterocycles. The summed E-state index contributed by atoms with van der Waals surface area (Å²) < 4.78 is 5.52. The molecule has 21 heavy (non-hydrogen) atoms. The summed E-state index contributed by atoms with van der Waals surface area (Å²) in [5.74, 6) is 1.51. The molecule has 116 valence electrons. The smallest absolute Gasteiger partial charge is 0.247 e. The van der Waals surface area contributed by atoms with Crippen molar-refractivity contribution in [3.63, 3.8) is 0 Å². The van der Waals surface area contributed by atoms with Gasteiger partial charge in [-0.25, -0.2) is 0 Å². The van der Waals surface area contributed by atoms with Crippen LogP contribution >= 0.6 is 0 Å². The van der Waals surface area contributed by atoms with E-state index < -0.39 is 6.04 Å².